The van der Waals surface area contributed by atoms with Gasteiger partial charge in [0.15, 0.2) is 0 Å². The molecule has 0 atom stereocenters. The van der Waals surface area contributed by atoms with E-state index in [9.17, 15) is 0 Å². The Morgan fingerprint density at radius 2 is 2.21 bits per heavy atom. The average Bonchev–Trinajstić information content (AvgIpc) is 2.85. The van der Waals surface area contributed by atoms with E-state index >= 15 is 0 Å². The van der Waals surface area contributed by atoms with Gasteiger partial charge in [0.2, 0.25) is 0 Å². The lowest BCUT2D eigenvalue weighted by Crippen LogP contribution is -2.14. The molecule has 1 N–H and O–H groups in total. The lowest BCUT2D eigenvalue weighted by molar-refractivity contribution is 0.408. The van der Waals surface area contributed by atoms with Crippen LogP contribution in [0.2, 0.25) is 0 Å². The van der Waals surface area contributed by atoms with Gasteiger partial charge in [-0.05, 0) is 31.2 Å². The summed E-state index contributed by atoms with van der Waals surface area (Å²) in [4.78, 5) is 4.38. The van der Waals surface area contributed by atoms with E-state index in [2.05, 4.69) is 23.3 Å². The molecule has 1 aromatic heterocycles. The highest BCUT2D eigenvalue weighted by Gasteiger charge is 2.08. The zero-order chi connectivity index (χ0) is 13.7. The summed E-state index contributed by atoms with van der Waals surface area (Å²) in [5, 5.41) is 3.41. The van der Waals surface area contributed by atoms with Crippen molar-refractivity contribution < 1.29 is 4.74 Å². The molecule has 0 aliphatic heterocycles. The number of ether oxygens (including phenoxy) is 1. The first-order valence-corrected chi connectivity index (χ1v) is 6.61. The standard InChI is InChI=1S/C15H21N3O/c1-4-7-16-11-13-10-12(5-6-14(13)19-3)15-17-8-9-18(15)2/h5-6,8-10,16H,4,7,11H2,1-3H3. The van der Waals surface area contributed by atoms with Crippen molar-refractivity contribution in [2.24, 2.45) is 7.05 Å². The fourth-order valence-corrected chi connectivity index (χ4v) is 2.10. The van der Waals surface area contributed by atoms with Crippen molar-refractivity contribution in [3.8, 4) is 17.1 Å². The van der Waals surface area contributed by atoms with E-state index in [1.165, 1.54) is 0 Å². The lowest BCUT2D eigenvalue weighted by atomic mass is 10.1. The van der Waals surface area contributed by atoms with Crippen molar-refractivity contribution >= 4 is 0 Å². The van der Waals surface area contributed by atoms with Crippen molar-refractivity contribution in [1.29, 1.82) is 0 Å². The quantitative estimate of drug-likeness (QED) is 0.810. The zero-order valence-electron chi connectivity index (χ0n) is 11.8. The van der Waals surface area contributed by atoms with Gasteiger partial charge in [0, 0.05) is 37.1 Å². The number of nitrogens with zero attached hydrogens (tertiary/aromatic N) is 2. The zero-order valence-corrected chi connectivity index (χ0v) is 11.8. The maximum absolute atomic E-state index is 5.41. The minimum Gasteiger partial charge on any atom is -0.496 e. The SMILES string of the molecule is CCCNCc1cc(-c2nccn2C)ccc1OC. The van der Waals surface area contributed by atoms with Crippen molar-refractivity contribution in [3.05, 3.63) is 36.2 Å². The molecule has 19 heavy (non-hydrogen) atoms. The number of benzene rings is 1. The summed E-state index contributed by atoms with van der Waals surface area (Å²) in [6.45, 7) is 3.99. The Morgan fingerprint density at radius 3 is 2.84 bits per heavy atom. The summed E-state index contributed by atoms with van der Waals surface area (Å²) in [6.07, 6.45) is 4.89. The van der Waals surface area contributed by atoms with E-state index in [1.54, 1.807) is 7.11 Å². The molecule has 0 spiro atoms. The molecule has 0 radical (unpaired) electrons. The smallest absolute Gasteiger partial charge is 0.139 e. The second-order valence-electron chi connectivity index (χ2n) is 4.57. The summed E-state index contributed by atoms with van der Waals surface area (Å²) in [6, 6.07) is 6.20. The van der Waals surface area contributed by atoms with E-state index in [4.69, 9.17) is 4.74 Å². The van der Waals surface area contributed by atoms with Crippen molar-refractivity contribution in [2.75, 3.05) is 13.7 Å². The highest BCUT2D eigenvalue weighted by molar-refractivity contribution is 5.59. The Morgan fingerprint density at radius 1 is 1.37 bits per heavy atom. The number of rotatable bonds is 6. The van der Waals surface area contributed by atoms with E-state index in [0.717, 1.165) is 42.2 Å². The Kier molecular flexibility index (Phi) is 4.58. The fraction of sp³-hybridized carbons (Fsp3) is 0.400. The second-order valence-corrected chi connectivity index (χ2v) is 4.57. The van der Waals surface area contributed by atoms with Crippen LogP contribution in [0.15, 0.2) is 30.6 Å². The fourth-order valence-electron chi connectivity index (χ4n) is 2.10. The van der Waals surface area contributed by atoms with Gasteiger partial charge in [-0.1, -0.05) is 6.92 Å². The summed E-state index contributed by atoms with van der Waals surface area (Å²) >= 11 is 0. The van der Waals surface area contributed by atoms with Gasteiger partial charge < -0.3 is 14.6 Å². The molecule has 0 aliphatic carbocycles. The molecule has 0 saturated carbocycles. The molecular formula is C15H21N3O. The number of hydrogen-bond acceptors (Lipinski definition) is 3. The largest absolute Gasteiger partial charge is 0.496 e. The summed E-state index contributed by atoms with van der Waals surface area (Å²) in [5.41, 5.74) is 2.28. The molecule has 0 saturated heterocycles. The summed E-state index contributed by atoms with van der Waals surface area (Å²) in [7, 11) is 3.71. The topological polar surface area (TPSA) is 39.1 Å². The van der Waals surface area contributed by atoms with Crippen LogP contribution in [0, 0.1) is 0 Å². The van der Waals surface area contributed by atoms with Crippen LogP contribution in [-0.2, 0) is 13.6 Å². The number of aromatic nitrogens is 2. The van der Waals surface area contributed by atoms with Crippen LogP contribution >= 0.6 is 0 Å². The van der Waals surface area contributed by atoms with Gasteiger partial charge in [-0.3, -0.25) is 0 Å². The molecule has 0 amide bonds. The van der Waals surface area contributed by atoms with Crippen LogP contribution in [0.25, 0.3) is 11.4 Å². The molecule has 1 heterocycles. The number of methoxy groups -OCH3 is 1. The van der Waals surface area contributed by atoms with Crippen molar-refractivity contribution in [1.82, 2.24) is 14.9 Å². The number of imidazole rings is 1. The molecule has 0 bridgehead atoms. The van der Waals surface area contributed by atoms with Crippen LogP contribution in [0.1, 0.15) is 18.9 Å². The van der Waals surface area contributed by atoms with Crippen LogP contribution < -0.4 is 10.1 Å². The molecule has 2 rings (SSSR count). The van der Waals surface area contributed by atoms with Gasteiger partial charge in [0.05, 0.1) is 7.11 Å². The Hall–Kier alpha value is -1.81. The molecule has 4 heteroatoms. The molecular weight excluding hydrogens is 238 g/mol. The van der Waals surface area contributed by atoms with Gasteiger partial charge in [-0.2, -0.15) is 0 Å². The van der Waals surface area contributed by atoms with Crippen molar-refractivity contribution in [3.63, 3.8) is 0 Å². The summed E-state index contributed by atoms with van der Waals surface area (Å²) in [5.74, 6) is 1.89. The number of aryl methyl sites for hydroxylation is 1. The molecule has 102 valence electrons. The van der Waals surface area contributed by atoms with Crippen LogP contribution in [0.3, 0.4) is 0 Å². The normalized spacial score (nSPS) is 10.7. The monoisotopic (exact) mass is 259 g/mol. The van der Waals surface area contributed by atoms with Crippen molar-refractivity contribution in [2.45, 2.75) is 19.9 Å². The minimum atomic E-state index is 0.815. The van der Waals surface area contributed by atoms with Gasteiger partial charge in [0.1, 0.15) is 11.6 Å². The first-order valence-electron chi connectivity index (χ1n) is 6.61. The maximum Gasteiger partial charge on any atom is 0.139 e. The summed E-state index contributed by atoms with van der Waals surface area (Å²) < 4.78 is 7.43. The van der Waals surface area contributed by atoms with Gasteiger partial charge in [-0.15, -0.1) is 0 Å². The Bertz CT molecular complexity index is 534. The first kappa shape index (κ1) is 13.6. The van der Waals surface area contributed by atoms with Crippen LogP contribution in [0.4, 0.5) is 0 Å². The first-order chi connectivity index (χ1) is 9.26. The predicted molar refractivity (Wildman–Crippen MR) is 77.2 cm³/mol. The average molecular weight is 259 g/mol. The predicted octanol–water partition coefficient (Wildman–Crippen LogP) is 2.60. The maximum atomic E-state index is 5.41. The van der Waals surface area contributed by atoms with E-state index < -0.39 is 0 Å². The van der Waals surface area contributed by atoms with Gasteiger partial charge >= 0.3 is 0 Å². The third kappa shape index (κ3) is 3.15. The number of hydrogen-bond donors (Lipinski definition) is 1. The highest BCUT2D eigenvalue weighted by Crippen LogP contribution is 2.25. The minimum absolute atomic E-state index is 0.815. The molecule has 0 unspecified atom stereocenters. The van der Waals surface area contributed by atoms with E-state index in [1.807, 2.05) is 36.1 Å². The molecule has 0 aliphatic rings. The third-order valence-corrected chi connectivity index (χ3v) is 3.10. The van der Waals surface area contributed by atoms with Gasteiger partial charge in [0.25, 0.3) is 0 Å². The third-order valence-electron chi connectivity index (χ3n) is 3.10. The molecule has 4 nitrogen and oxygen atoms in total. The Labute approximate surface area is 114 Å². The Balaban J connectivity index is 2.27. The molecule has 1 aromatic carbocycles. The van der Waals surface area contributed by atoms with E-state index in [0.29, 0.717) is 0 Å². The van der Waals surface area contributed by atoms with Crippen LogP contribution in [-0.4, -0.2) is 23.2 Å². The molecule has 0 fully saturated rings. The molecule has 2 aromatic rings. The second kappa shape index (κ2) is 6.38. The number of nitrogens with one attached hydrogen (secondary N) is 1. The van der Waals surface area contributed by atoms with E-state index in [-0.39, 0.29) is 0 Å². The van der Waals surface area contributed by atoms with Gasteiger partial charge in [-0.25, -0.2) is 4.98 Å². The van der Waals surface area contributed by atoms with Crippen LogP contribution in [0.5, 0.6) is 5.75 Å². The highest BCUT2D eigenvalue weighted by atomic mass is 16.5. The lowest BCUT2D eigenvalue weighted by Gasteiger charge is -2.11.